The summed E-state index contributed by atoms with van der Waals surface area (Å²) in [5, 5.41) is 2.74. The van der Waals surface area contributed by atoms with E-state index >= 15 is 0 Å². The lowest BCUT2D eigenvalue weighted by atomic mass is 9.82. The first-order valence-corrected chi connectivity index (χ1v) is 7.53. The Bertz CT molecular complexity index is 585. The van der Waals surface area contributed by atoms with E-state index in [4.69, 9.17) is 9.15 Å². The van der Waals surface area contributed by atoms with Gasteiger partial charge in [0, 0.05) is 0 Å². The lowest BCUT2D eigenvalue weighted by Crippen LogP contribution is -2.28. The molecule has 1 aromatic heterocycles. The van der Waals surface area contributed by atoms with Crippen molar-refractivity contribution in [3.63, 3.8) is 0 Å². The maximum absolute atomic E-state index is 11.7. The lowest BCUT2D eigenvalue weighted by molar-refractivity contribution is -0.123. The van der Waals surface area contributed by atoms with Gasteiger partial charge in [-0.2, -0.15) is 0 Å². The van der Waals surface area contributed by atoms with Crippen molar-refractivity contribution in [1.29, 1.82) is 0 Å². The fourth-order valence-electron chi connectivity index (χ4n) is 2.01. The summed E-state index contributed by atoms with van der Waals surface area (Å²) in [7, 11) is 0. The minimum Gasteiger partial charge on any atom is -0.484 e. The largest absolute Gasteiger partial charge is 0.484 e. The topological polar surface area (TPSA) is 51.5 Å². The SMILES string of the molecule is CCC(C)(C)c1ccc(OCC(=O)NCc2ccco2)cc1. The average Bonchev–Trinajstić information content (AvgIpc) is 3.05. The monoisotopic (exact) mass is 301 g/mol. The van der Waals surface area contributed by atoms with Crippen LogP contribution in [0.25, 0.3) is 0 Å². The van der Waals surface area contributed by atoms with Gasteiger partial charge in [-0.15, -0.1) is 0 Å². The number of carbonyl (C=O) groups is 1. The third-order valence-electron chi connectivity index (χ3n) is 3.93. The molecule has 0 aliphatic rings. The van der Waals surface area contributed by atoms with Crippen LogP contribution in [-0.2, 0) is 16.8 Å². The van der Waals surface area contributed by atoms with E-state index < -0.39 is 0 Å². The van der Waals surface area contributed by atoms with Crippen molar-refractivity contribution in [1.82, 2.24) is 5.32 Å². The summed E-state index contributed by atoms with van der Waals surface area (Å²) < 4.78 is 10.6. The standard InChI is InChI=1S/C18H23NO3/c1-4-18(2,3)14-7-9-15(10-8-14)22-13-17(20)19-12-16-6-5-11-21-16/h5-11H,4,12-13H2,1-3H3,(H,19,20). The highest BCUT2D eigenvalue weighted by Gasteiger charge is 2.17. The van der Waals surface area contributed by atoms with E-state index in [0.717, 1.165) is 12.2 Å². The molecule has 0 atom stereocenters. The summed E-state index contributed by atoms with van der Waals surface area (Å²) in [6.45, 7) is 6.97. The Morgan fingerprint density at radius 2 is 1.95 bits per heavy atom. The lowest BCUT2D eigenvalue weighted by Gasteiger charge is -2.23. The number of carbonyl (C=O) groups excluding carboxylic acids is 1. The Morgan fingerprint density at radius 3 is 2.55 bits per heavy atom. The number of nitrogens with one attached hydrogen (secondary N) is 1. The van der Waals surface area contributed by atoms with Crippen molar-refractivity contribution in [3.05, 3.63) is 54.0 Å². The second kappa shape index (κ2) is 7.16. The molecule has 0 aliphatic heterocycles. The average molecular weight is 301 g/mol. The second-order valence-corrected chi connectivity index (χ2v) is 5.91. The highest BCUT2D eigenvalue weighted by Crippen LogP contribution is 2.27. The zero-order valence-electron chi connectivity index (χ0n) is 13.4. The molecule has 118 valence electrons. The second-order valence-electron chi connectivity index (χ2n) is 5.91. The Balaban J connectivity index is 1.80. The number of rotatable bonds is 7. The molecule has 1 N–H and O–H groups in total. The Hall–Kier alpha value is -2.23. The van der Waals surface area contributed by atoms with Crippen molar-refractivity contribution < 1.29 is 13.9 Å². The molecular weight excluding hydrogens is 278 g/mol. The Labute approximate surface area is 131 Å². The molecule has 1 heterocycles. The van der Waals surface area contributed by atoms with Crippen LogP contribution >= 0.6 is 0 Å². The smallest absolute Gasteiger partial charge is 0.258 e. The van der Waals surface area contributed by atoms with Crippen LogP contribution in [0.1, 0.15) is 38.5 Å². The van der Waals surface area contributed by atoms with Gasteiger partial charge in [0.1, 0.15) is 11.5 Å². The third-order valence-corrected chi connectivity index (χ3v) is 3.93. The first kappa shape index (κ1) is 16.1. The fourth-order valence-corrected chi connectivity index (χ4v) is 2.01. The summed E-state index contributed by atoms with van der Waals surface area (Å²) in [6.07, 6.45) is 2.65. The maximum Gasteiger partial charge on any atom is 0.258 e. The van der Waals surface area contributed by atoms with E-state index in [2.05, 4.69) is 38.2 Å². The van der Waals surface area contributed by atoms with Gasteiger partial charge in [0.25, 0.3) is 5.91 Å². The summed E-state index contributed by atoms with van der Waals surface area (Å²) in [4.78, 5) is 11.7. The molecule has 4 nitrogen and oxygen atoms in total. The first-order valence-electron chi connectivity index (χ1n) is 7.53. The predicted molar refractivity (Wildman–Crippen MR) is 85.8 cm³/mol. The van der Waals surface area contributed by atoms with Crippen LogP contribution < -0.4 is 10.1 Å². The molecule has 0 spiro atoms. The molecule has 22 heavy (non-hydrogen) atoms. The summed E-state index contributed by atoms with van der Waals surface area (Å²) in [6, 6.07) is 11.5. The third kappa shape index (κ3) is 4.38. The summed E-state index contributed by atoms with van der Waals surface area (Å²) in [5.74, 6) is 1.25. The van der Waals surface area contributed by atoms with Crippen LogP contribution in [0.15, 0.2) is 47.1 Å². The highest BCUT2D eigenvalue weighted by atomic mass is 16.5. The molecule has 1 aromatic carbocycles. The number of furan rings is 1. The van der Waals surface area contributed by atoms with Crippen LogP contribution in [0.2, 0.25) is 0 Å². The molecule has 2 aromatic rings. The van der Waals surface area contributed by atoms with Crippen LogP contribution in [0, 0.1) is 0 Å². The summed E-state index contributed by atoms with van der Waals surface area (Å²) >= 11 is 0. The van der Waals surface area contributed by atoms with Crippen LogP contribution in [0.4, 0.5) is 0 Å². The Morgan fingerprint density at radius 1 is 1.23 bits per heavy atom. The summed E-state index contributed by atoms with van der Waals surface area (Å²) in [5.41, 5.74) is 1.42. The van der Waals surface area contributed by atoms with Gasteiger partial charge in [0.05, 0.1) is 12.8 Å². The van der Waals surface area contributed by atoms with Crippen molar-refractivity contribution in [2.24, 2.45) is 0 Å². The van der Waals surface area contributed by atoms with E-state index in [1.807, 2.05) is 18.2 Å². The number of benzene rings is 1. The van der Waals surface area contributed by atoms with Gasteiger partial charge in [0.2, 0.25) is 0 Å². The molecule has 1 amide bonds. The van der Waals surface area contributed by atoms with Crippen LogP contribution in [0.5, 0.6) is 5.75 Å². The van der Waals surface area contributed by atoms with Gasteiger partial charge in [-0.25, -0.2) is 0 Å². The van der Waals surface area contributed by atoms with Crippen molar-refractivity contribution in [2.75, 3.05) is 6.61 Å². The minimum absolute atomic E-state index is 0.00275. The number of ether oxygens (including phenoxy) is 1. The molecule has 0 bridgehead atoms. The number of hydrogen-bond acceptors (Lipinski definition) is 3. The van der Waals surface area contributed by atoms with Crippen LogP contribution in [-0.4, -0.2) is 12.5 Å². The van der Waals surface area contributed by atoms with Crippen LogP contribution in [0.3, 0.4) is 0 Å². The van der Waals surface area contributed by atoms with E-state index in [1.165, 1.54) is 5.56 Å². The first-order chi connectivity index (χ1) is 10.5. The van der Waals surface area contributed by atoms with Gasteiger partial charge in [-0.05, 0) is 41.7 Å². The van der Waals surface area contributed by atoms with Gasteiger partial charge in [0.15, 0.2) is 6.61 Å². The van der Waals surface area contributed by atoms with E-state index in [1.54, 1.807) is 12.3 Å². The molecular formula is C18H23NO3. The highest BCUT2D eigenvalue weighted by molar-refractivity contribution is 5.77. The molecule has 0 unspecified atom stereocenters. The quantitative estimate of drug-likeness (QED) is 0.849. The molecule has 4 heteroatoms. The van der Waals surface area contributed by atoms with Crippen molar-refractivity contribution in [3.8, 4) is 5.75 Å². The number of hydrogen-bond donors (Lipinski definition) is 1. The minimum atomic E-state index is -0.172. The molecule has 0 saturated heterocycles. The zero-order chi connectivity index (χ0) is 16.0. The molecule has 0 aliphatic carbocycles. The molecule has 0 fully saturated rings. The van der Waals surface area contributed by atoms with E-state index in [0.29, 0.717) is 12.3 Å². The normalized spacial score (nSPS) is 11.2. The number of amides is 1. The molecule has 2 rings (SSSR count). The fraction of sp³-hybridized carbons (Fsp3) is 0.389. The van der Waals surface area contributed by atoms with Gasteiger partial charge < -0.3 is 14.5 Å². The predicted octanol–water partition coefficient (Wildman–Crippen LogP) is 3.66. The van der Waals surface area contributed by atoms with Gasteiger partial charge in [-0.3, -0.25) is 4.79 Å². The van der Waals surface area contributed by atoms with E-state index in [-0.39, 0.29) is 17.9 Å². The molecule has 0 saturated carbocycles. The van der Waals surface area contributed by atoms with E-state index in [9.17, 15) is 4.79 Å². The molecule has 0 radical (unpaired) electrons. The van der Waals surface area contributed by atoms with Crippen molar-refractivity contribution in [2.45, 2.75) is 39.2 Å². The maximum atomic E-state index is 11.7. The van der Waals surface area contributed by atoms with Gasteiger partial charge >= 0.3 is 0 Å². The van der Waals surface area contributed by atoms with Crippen molar-refractivity contribution >= 4 is 5.91 Å². The Kier molecular flexibility index (Phi) is 5.26. The zero-order valence-corrected chi connectivity index (χ0v) is 13.4. The van der Waals surface area contributed by atoms with Gasteiger partial charge in [-0.1, -0.05) is 32.9 Å².